The van der Waals surface area contributed by atoms with Crippen LogP contribution in [-0.4, -0.2) is 29.1 Å². The molecule has 0 aliphatic carbocycles. The van der Waals surface area contributed by atoms with E-state index in [1.807, 2.05) is 0 Å². The highest BCUT2D eigenvalue weighted by atomic mass is 79.9. The Morgan fingerprint density at radius 3 is 2.43 bits per heavy atom. The minimum absolute atomic E-state index is 0.137. The molecule has 0 amide bonds. The molecule has 1 aliphatic heterocycles. The van der Waals surface area contributed by atoms with E-state index in [0.717, 1.165) is 24.1 Å². The van der Waals surface area contributed by atoms with Crippen molar-refractivity contribution in [3.8, 4) is 0 Å². The first-order valence-corrected chi connectivity index (χ1v) is 9.42. The van der Waals surface area contributed by atoms with Crippen molar-refractivity contribution in [2.45, 2.75) is 57.2 Å². The molecule has 1 aliphatic rings. The number of benzene rings is 1. The predicted molar refractivity (Wildman–Crippen MR) is 99.5 cm³/mol. The number of thioether (sulfide) groups is 1. The minimum atomic E-state index is 0.137. The van der Waals surface area contributed by atoms with Gasteiger partial charge < -0.3 is 10.2 Å². The third-order valence-electron chi connectivity index (χ3n) is 3.61. The van der Waals surface area contributed by atoms with E-state index in [2.05, 4.69) is 90.7 Å². The van der Waals surface area contributed by atoms with Gasteiger partial charge in [0.25, 0.3) is 0 Å². The Balaban J connectivity index is 2.21. The Labute approximate surface area is 142 Å². The van der Waals surface area contributed by atoms with Gasteiger partial charge in [0.1, 0.15) is 0 Å². The monoisotopic (exact) mass is 370 g/mol. The van der Waals surface area contributed by atoms with Crippen LogP contribution in [0.25, 0.3) is 0 Å². The maximum absolute atomic E-state index is 3.61. The van der Waals surface area contributed by atoms with Crippen molar-refractivity contribution < 1.29 is 0 Å². The van der Waals surface area contributed by atoms with Gasteiger partial charge in [-0.05, 0) is 44.5 Å². The summed E-state index contributed by atoms with van der Waals surface area (Å²) in [7, 11) is 0. The number of nitrogens with one attached hydrogen (secondary N) is 1. The van der Waals surface area contributed by atoms with Gasteiger partial charge in [0.2, 0.25) is 0 Å². The van der Waals surface area contributed by atoms with Crippen molar-refractivity contribution in [1.82, 2.24) is 5.32 Å². The molecule has 1 fully saturated rings. The molecule has 4 heteroatoms. The average Bonchev–Trinajstić information content (AvgIpc) is 2.34. The van der Waals surface area contributed by atoms with E-state index < -0.39 is 0 Å². The number of rotatable bonds is 3. The van der Waals surface area contributed by atoms with Crippen molar-refractivity contribution in [1.29, 1.82) is 0 Å². The maximum Gasteiger partial charge on any atom is 0.0413 e. The molecule has 2 rings (SSSR count). The highest BCUT2D eigenvalue weighted by Crippen LogP contribution is 2.32. The lowest BCUT2D eigenvalue weighted by Crippen LogP contribution is -2.41. The summed E-state index contributed by atoms with van der Waals surface area (Å²) in [4.78, 5) is 2.55. The highest BCUT2D eigenvalue weighted by Gasteiger charge is 2.24. The number of hydrogen-bond acceptors (Lipinski definition) is 3. The molecule has 1 N–H and O–H groups in total. The van der Waals surface area contributed by atoms with E-state index in [0.29, 0.717) is 10.5 Å². The van der Waals surface area contributed by atoms with E-state index in [1.54, 1.807) is 0 Å². The Morgan fingerprint density at radius 1 is 1.24 bits per heavy atom. The molecule has 118 valence electrons. The third-order valence-corrected chi connectivity index (χ3v) is 5.33. The van der Waals surface area contributed by atoms with Gasteiger partial charge in [-0.25, -0.2) is 0 Å². The zero-order valence-electron chi connectivity index (χ0n) is 13.7. The molecule has 0 saturated carbocycles. The van der Waals surface area contributed by atoms with Crippen LogP contribution >= 0.6 is 27.7 Å². The molecular formula is C17H27BrN2S. The topological polar surface area (TPSA) is 15.3 Å². The van der Waals surface area contributed by atoms with E-state index in [4.69, 9.17) is 0 Å². The Hall–Kier alpha value is -0.190. The van der Waals surface area contributed by atoms with Crippen LogP contribution in [0.15, 0.2) is 22.7 Å². The molecule has 0 radical (unpaired) electrons. The van der Waals surface area contributed by atoms with Gasteiger partial charge in [0.15, 0.2) is 0 Å². The second-order valence-electron chi connectivity index (χ2n) is 7.04. The highest BCUT2D eigenvalue weighted by molar-refractivity contribution is 9.10. The van der Waals surface area contributed by atoms with Gasteiger partial charge in [-0.2, -0.15) is 11.8 Å². The SMILES string of the molecule is CC1CN(c2ccc(Br)cc2CNC(C)(C)C)CC(C)S1. The van der Waals surface area contributed by atoms with Gasteiger partial charge in [0, 0.05) is 45.8 Å². The lowest BCUT2D eigenvalue weighted by Gasteiger charge is -2.37. The standard InChI is InChI=1S/C17H27BrN2S/c1-12-10-20(11-13(2)21-12)16-7-6-15(18)8-14(16)9-19-17(3,4)5/h6-8,12-13,19H,9-11H2,1-5H3. The zero-order chi connectivity index (χ0) is 15.6. The number of hydrogen-bond donors (Lipinski definition) is 1. The van der Waals surface area contributed by atoms with Crippen LogP contribution in [0.1, 0.15) is 40.2 Å². The third kappa shape index (κ3) is 5.19. The van der Waals surface area contributed by atoms with Crippen LogP contribution in [0, 0.1) is 0 Å². The molecule has 2 nitrogen and oxygen atoms in total. The molecule has 21 heavy (non-hydrogen) atoms. The summed E-state index contributed by atoms with van der Waals surface area (Å²) in [5, 5.41) is 5.00. The Bertz CT molecular complexity index is 474. The second-order valence-corrected chi connectivity index (χ2v) is 9.84. The van der Waals surface area contributed by atoms with Crippen LogP contribution in [-0.2, 0) is 6.54 Å². The second kappa shape index (κ2) is 6.93. The molecule has 2 unspecified atom stereocenters. The van der Waals surface area contributed by atoms with Gasteiger partial charge in [-0.1, -0.05) is 29.8 Å². The van der Waals surface area contributed by atoms with E-state index >= 15 is 0 Å². The van der Waals surface area contributed by atoms with E-state index in [1.165, 1.54) is 11.3 Å². The van der Waals surface area contributed by atoms with Crippen molar-refractivity contribution in [2.75, 3.05) is 18.0 Å². The fourth-order valence-electron chi connectivity index (χ4n) is 2.74. The molecule has 1 aromatic carbocycles. The number of anilines is 1. The summed E-state index contributed by atoms with van der Waals surface area (Å²) in [6.45, 7) is 14.5. The summed E-state index contributed by atoms with van der Waals surface area (Å²) in [6, 6.07) is 6.68. The van der Waals surface area contributed by atoms with Gasteiger partial charge in [0.05, 0.1) is 0 Å². The quantitative estimate of drug-likeness (QED) is 0.832. The molecule has 2 atom stereocenters. The summed E-state index contributed by atoms with van der Waals surface area (Å²) < 4.78 is 1.16. The zero-order valence-corrected chi connectivity index (χ0v) is 16.1. The lowest BCUT2D eigenvalue weighted by molar-refractivity contribution is 0.424. The van der Waals surface area contributed by atoms with Crippen LogP contribution in [0.4, 0.5) is 5.69 Å². The van der Waals surface area contributed by atoms with Crippen molar-refractivity contribution in [2.24, 2.45) is 0 Å². The molecule has 1 heterocycles. The summed E-state index contributed by atoms with van der Waals surface area (Å²) in [6.07, 6.45) is 0. The summed E-state index contributed by atoms with van der Waals surface area (Å²) >= 11 is 5.71. The minimum Gasteiger partial charge on any atom is -0.369 e. The van der Waals surface area contributed by atoms with Gasteiger partial charge in [-0.15, -0.1) is 0 Å². The van der Waals surface area contributed by atoms with Crippen molar-refractivity contribution in [3.63, 3.8) is 0 Å². The summed E-state index contributed by atoms with van der Waals surface area (Å²) in [5.74, 6) is 0. The first kappa shape index (κ1) is 17.2. The van der Waals surface area contributed by atoms with Crippen LogP contribution in [0.3, 0.4) is 0 Å². The fraction of sp³-hybridized carbons (Fsp3) is 0.647. The summed E-state index contributed by atoms with van der Waals surface area (Å²) in [5.41, 5.74) is 2.90. The fourth-order valence-corrected chi connectivity index (χ4v) is 4.47. The van der Waals surface area contributed by atoms with Gasteiger partial charge in [-0.3, -0.25) is 0 Å². The Morgan fingerprint density at radius 2 is 1.86 bits per heavy atom. The molecule has 0 aromatic heterocycles. The maximum atomic E-state index is 3.61. The number of nitrogens with zero attached hydrogens (tertiary/aromatic N) is 1. The first-order chi connectivity index (χ1) is 9.74. The smallest absolute Gasteiger partial charge is 0.0413 e. The Kier molecular flexibility index (Phi) is 5.66. The number of halogens is 1. The van der Waals surface area contributed by atoms with E-state index in [9.17, 15) is 0 Å². The van der Waals surface area contributed by atoms with Crippen LogP contribution in [0.2, 0.25) is 0 Å². The predicted octanol–water partition coefficient (Wildman–Crippen LogP) is 4.67. The van der Waals surface area contributed by atoms with Crippen molar-refractivity contribution in [3.05, 3.63) is 28.2 Å². The largest absolute Gasteiger partial charge is 0.369 e. The average molecular weight is 371 g/mol. The molecular weight excluding hydrogens is 344 g/mol. The molecule has 1 aromatic rings. The van der Waals surface area contributed by atoms with Crippen LogP contribution < -0.4 is 10.2 Å². The van der Waals surface area contributed by atoms with Gasteiger partial charge >= 0.3 is 0 Å². The lowest BCUT2D eigenvalue weighted by atomic mass is 10.1. The first-order valence-electron chi connectivity index (χ1n) is 7.68. The molecule has 1 saturated heterocycles. The van der Waals surface area contributed by atoms with Crippen LogP contribution in [0.5, 0.6) is 0 Å². The molecule has 0 spiro atoms. The van der Waals surface area contributed by atoms with Crippen molar-refractivity contribution >= 4 is 33.4 Å². The van der Waals surface area contributed by atoms with E-state index in [-0.39, 0.29) is 5.54 Å². The molecule has 0 bridgehead atoms. The normalized spacial score (nSPS) is 23.4.